The first-order valence-electron chi connectivity index (χ1n) is 7.05. The molecule has 1 fully saturated rings. The third-order valence-electron chi connectivity index (χ3n) is 3.20. The number of amides is 1. The third kappa shape index (κ3) is 4.37. The van der Waals surface area contributed by atoms with Crippen molar-refractivity contribution in [3.63, 3.8) is 0 Å². The van der Waals surface area contributed by atoms with E-state index in [2.05, 4.69) is 0 Å². The first-order chi connectivity index (χ1) is 9.20. The van der Waals surface area contributed by atoms with Crippen LogP contribution in [0.1, 0.15) is 47.0 Å². The molecule has 0 radical (unpaired) electrons. The summed E-state index contributed by atoms with van der Waals surface area (Å²) in [6.07, 6.45) is 0.959. The van der Waals surface area contributed by atoms with Crippen LogP contribution in [0.4, 0.5) is 4.79 Å². The molecule has 1 rings (SSSR count). The molecule has 20 heavy (non-hydrogen) atoms. The van der Waals surface area contributed by atoms with Gasteiger partial charge in [-0.1, -0.05) is 6.92 Å². The number of nitrogens with zero attached hydrogens (tertiary/aromatic N) is 1. The summed E-state index contributed by atoms with van der Waals surface area (Å²) >= 11 is 0. The van der Waals surface area contributed by atoms with Crippen molar-refractivity contribution >= 4 is 12.1 Å². The van der Waals surface area contributed by atoms with Gasteiger partial charge in [0.1, 0.15) is 5.60 Å². The zero-order chi connectivity index (χ0) is 15.4. The molecule has 1 saturated heterocycles. The second kappa shape index (κ2) is 6.43. The number of aliphatic carboxylic acids is 1. The average Bonchev–Trinajstić information content (AvgIpc) is 2.34. The Morgan fingerprint density at radius 1 is 1.25 bits per heavy atom. The highest BCUT2D eigenvalue weighted by Gasteiger charge is 2.44. The Morgan fingerprint density at radius 2 is 1.80 bits per heavy atom. The Bertz CT molecular complexity index is 353. The van der Waals surface area contributed by atoms with E-state index in [0.29, 0.717) is 32.5 Å². The van der Waals surface area contributed by atoms with E-state index in [4.69, 9.17) is 9.47 Å². The van der Waals surface area contributed by atoms with Gasteiger partial charge in [-0.15, -0.1) is 0 Å². The van der Waals surface area contributed by atoms with Gasteiger partial charge in [0.15, 0.2) is 5.60 Å². The maximum atomic E-state index is 11.9. The van der Waals surface area contributed by atoms with Crippen molar-refractivity contribution in [2.45, 2.75) is 58.2 Å². The van der Waals surface area contributed by atoms with Gasteiger partial charge < -0.3 is 19.5 Å². The van der Waals surface area contributed by atoms with Crippen molar-refractivity contribution < 1.29 is 24.2 Å². The van der Waals surface area contributed by atoms with Gasteiger partial charge >= 0.3 is 12.1 Å². The molecule has 1 aliphatic rings. The largest absolute Gasteiger partial charge is 0.479 e. The second-order valence-electron chi connectivity index (χ2n) is 6.12. The molecule has 0 aromatic rings. The topological polar surface area (TPSA) is 76.1 Å². The number of piperidine rings is 1. The Hall–Kier alpha value is -1.30. The standard InChI is InChI=1S/C14H25NO5/c1-5-10-19-14(11(16)17)6-8-15(9-7-14)12(18)20-13(2,3)4/h5-10H2,1-4H3,(H,16,17). The lowest BCUT2D eigenvalue weighted by Gasteiger charge is -2.38. The maximum Gasteiger partial charge on any atom is 0.410 e. The monoisotopic (exact) mass is 287 g/mol. The van der Waals surface area contributed by atoms with E-state index < -0.39 is 23.3 Å². The third-order valence-corrected chi connectivity index (χ3v) is 3.20. The van der Waals surface area contributed by atoms with Crippen molar-refractivity contribution in [2.75, 3.05) is 19.7 Å². The molecule has 1 N–H and O–H groups in total. The fourth-order valence-electron chi connectivity index (χ4n) is 2.09. The second-order valence-corrected chi connectivity index (χ2v) is 6.12. The summed E-state index contributed by atoms with van der Waals surface area (Å²) in [5.41, 5.74) is -1.70. The molecule has 1 heterocycles. The van der Waals surface area contributed by atoms with Gasteiger partial charge in [0.25, 0.3) is 0 Å². The molecular weight excluding hydrogens is 262 g/mol. The van der Waals surface area contributed by atoms with Gasteiger partial charge in [-0.25, -0.2) is 9.59 Å². The molecule has 1 amide bonds. The zero-order valence-corrected chi connectivity index (χ0v) is 12.8. The summed E-state index contributed by atoms with van der Waals surface area (Å²) in [5, 5.41) is 9.37. The molecule has 0 spiro atoms. The van der Waals surface area contributed by atoms with Crippen LogP contribution in [-0.4, -0.2) is 53.0 Å². The number of rotatable bonds is 4. The summed E-state index contributed by atoms with van der Waals surface area (Å²) in [6, 6.07) is 0. The van der Waals surface area contributed by atoms with Gasteiger partial charge in [0.05, 0.1) is 0 Å². The summed E-state index contributed by atoms with van der Waals surface area (Å²) in [4.78, 5) is 24.9. The minimum absolute atomic E-state index is 0.293. The maximum absolute atomic E-state index is 11.9. The number of hydrogen-bond donors (Lipinski definition) is 1. The van der Waals surface area contributed by atoms with Gasteiger partial charge in [-0.3, -0.25) is 0 Å². The van der Waals surface area contributed by atoms with Crippen molar-refractivity contribution in [3.05, 3.63) is 0 Å². The number of carboxylic acid groups (broad SMARTS) is 1. The predicted octanol–water partition coefficient (Wildman–Crippen LogP) is 2.27. The summed E-state index contributed by atoms with van der Waals surface area (Å²) in [6.45, 7) is 8.45. The van der Waals surface area contributed by atoms with Crippen LogP contribution in [0.15, 0.2) is 0 Å². The van der Waals surface area contributed by atoms with E-state index in [9.17, 15) is 14.7 Å². The minimum Gasteiger partial charge on any atom is -0.479 e. The molecule has 1 aliphatic heterocycles. The molecule has 0 unspecified atom stereocenters. The fourth-order valence-corrected chi connectivity index (χ4v) is 2.09. The molecule has 116 valence electrons. The van der Waals surface area contributed by atoms with Gasteiger partial charge in [0, 0.05) is 32.5 Å². The van der Waals surface area contributed by atoms with Crippen molar-refractivity contribution in [3.8, 4) is 0 Å². The summed E-state index contributed by atoms with van der Waals surface area (Å²) in [5.74, 6) is -0.949. The number of likely N-dealkylation sites (tertiary alicyclic amines) is 1. The highest BCUT2D eigenvalue weighted by Crippen LogP contribution is 2.28. The fraction of sp³-hybridized carbons (Fsp3) is 0.857. The van der Waals surface area contributed by atoms with Crippen LogP contribution < -0.4 is 0 Å². The van der Waals surface area contributed by atoms with E-state index in [-0.39, 0.29) is 0 Å². The van der Waals surface area contributed by atoms with Crippen molar-refractivity contribution in [2.24, 2.45) is 0 Å². The molecule has 6 heteroatoms. The summed E-state index contributed by atoms with van der Waals surface area (Å²) < 4.78 is 10.8. The number of ether oxygens (including phenoxy) is 2. The number of carbonyl (C=O) groups is 2. The molecule has 0 aromatic carbocycles. The first kappa shape index (κ1) is 16.8. The highest BCUT2D eigenvalue weighted by atomic mass is 16.6. The zero-order valence-electron chi connectivity index (χ0n) is 12.8. The van der Waals surface area contributed by atoms with Crippen LogP contribution in [-0.2, 0) is 14.3 Å². The Labute approximate surface area is 120 Å². The van der Waals surface area contributed by atoms with E-state index in [1.54, 1.807) is 25.7 Å². The van der Waals surface area contributed by atoms with Crippen molar-refractivity contribution in [1.82, 2.24) is 4.90 Å². The van der Waals surface area contributed by atoms with Crippen LogP contribution in [0.2, 0.25) is 0 Å². The number of carbonyl (C=O) groups excluding carboxylic acids is 1. The van der Waals surface area contributed by atoms with Crippen LogP contribution in [0.5, 0.6) is 0 Å². The average molecular weight is 287 g/mol. The molecule has 0 aromatic heterocycles. The van der Waals surface area contributed by atoms with Crippen LogP contribution in [0, 0.1) is 0 Å². The van der Waals surface area contributed by atoms with Crippen LogP contribution in [0.25, 0.3) is 0 Å². The number of carboxylic acids is 1. The van der Waals surface area contributed by atoms with E-state index >= 15 is 0 Å². The Balaban J connectivity index is 2.60. The molecule has 0 atom stereocenters. The van der Waals surface area contributed by atoms with Gasteiger partial charge in [0.2, 0.25) is 0 Å². The van der Waals surface area contributed by atoms with Gasteiger partial charge in [-0.2, -0.15) is 0 Å². The first-order valence-corrected chi connectivity index (χ1v) is 7.05. The molecule has 0 saturated carbocycles. The van der Waals surface area contributed by atoms with Crippen LogP contribution >= 0.6 is 0 Å². The van der Waals surface area contributed by atoms with E-state index in [0.717, 1.165) is 6.42 Å². The SMILES string of the molecule is CCCOC1(C(=O)O)CCN(C(=O)OC(C)(C)C)CC1. The smallest absolute Gasteiger partial charge is 0.410 e. The minimum atomic E-state index is -1.16. The number of hydrogen-bond acceptors (Lipinski definition) is 4. The van der Waals surface area contributed by atoms with Crippen LogP contribution in [0.3, 0.4) is 0 Å². The molecule has 0 aliphatic carbocycles. The molecular formula is C14H25NO5. The molecule has 0 bridgehead atoms. The lowest BCUT2D eigenvalue weighted by Crippen LogP contribution is -2.53. The lowest BCUT2D eigenvalue weighted by molar-refractivity contribution is -0.172. The lowest BCUT2D eigenvalue weighted by atomic mass is 9.91. The Morgan fingerprint density at radius 3 is 2.20 bits per heavy atom. The summed E-state index contributed by atoms with van der Waals surface area (Å²) in [7, 11) is 0. The van der Waals surface area contributed by atoms with E-state index in [1.807, 2.05) is 6.92 Å². The predicted molar refractivity (Wildman–Crippen MR) is 73.7 cm³/mol. The normalized spacial score (nSPS) is 18.7. The molecule has 6 nitrogen and oxygen atoms in total. The van der Waals surface area contributed by atoms with Gasteiger partial charge in [-0.05, 0) is 27.2 Å². The highest BCUT2D eigenvalue weighted by molar-refractivity contribution is 5.78. The van der Waals surface area contributed by atoms with E-state index in [1.165, 1.54) is 0 Å². The Kier molecular flexibility index (Phi) is 5.39. The van der Waals surface area contributed by atoms with Crippen molar-refractivity contribution in [1.29, 1.82) is 0 Å². The quantitative estimate of drug-likeness (QED) is 0.858.